The Bertz CT molecular complexity index is 1150. The first kappa shape index (κ1) is 27.4. The SMILES string of the molecule is COc1cccc(N(CC(=O)N(Cc2ccc(F)cc2)[C@H](C)C(=O)NC2CCCCC2)S(C)(=O)=O)c1. The van der Waals surface area contributed by atoms with Crippen molar-refractivity contribution in [2.24, 2.45) is 0 Å². The molecular formula is C26H34FN3O5S. The predicted octanol–water partition coefficient (Wildman–Crippen LogP) is 3.47. The molecule has 1 atom stereocenters. The van der Waals surface area contributed by atoms with Crippen LogP contribution in [0.15, 0.2) is 48.5 Å². The van der Waals surface area contributed by atoms with Crippen molar-refractivity contribution in [2.45, 2.75) is 57.7 Å². The molecule has 0 unspecified atom stereocenters. The van der Waals surface area contributed by atoms with Crippen LogP contribution in [-0.2, 0) is 26.2 Å². The van der Waals surface area contributed by atoms with Gasteiger partial charge >= 0.3 is 0 Å². The molecule has 10 heteroatoms. The van der Waals surface area contributed by atoms with E-state index in [-0.39, 0.29) is 24.2 Å². The van der Waals surface area contributed by atoms with Crippen LogP contribution in [0, 0.1) is 5.82 Å². The Balaban J connectivity index is 1.87. The highest BCUT2D eigenvalue weighted by Gasteiger charge is 2.31. The number of benzene rings is 2. The molecule has 0 saturated heterocycles. The maximum absolute atomic E-state index is 13.6. The van der Waals surface area contributed by atoms with E-state index in [2.05, 4.69) is 5.32 Å². The third-order valence-electron chi connectivity index (χ3n) is 6.41. The zero-order chi connectivity index (χ0) is 26.3. The largest absolute Gasteiger partial charge is 0.497 e. The molecular weight excluding hydrogens is 485 g/mol. The number of sulfonamides is 1. The number of halogens is 1. The molecule has 36 heavy (non-hydrogen) atoms. The Hall–Kier alpha value is -3.14. The summed E-state index contributed by atoms with van der Waals surface area (Å²) >= 11 is 0. The summed E-state index contributed by atoms with van der Waals surface area (Å²) in [5.41, 5.74) is 0.889. The zero-order valence-electron chi connectivity index (χ0n) is 20.9. The van der Waals surface area contributed by atoms with Crippen molar-refractivity contribution < 1.29 is 27.1 Å². The van der Waals surface area contributed by atoms with Crippen LogP contribution in [0.2, 0.25) is 0 Å². The lowest BCUT2D eigenvalue weighted by molar-refractivity contribution is -0.139. The molecule has 0 heterocycles. The molecule has 1 saturated carbocycles. The summed E-state index contributed by atoms with van der Waals surface area (Å²) in [4.78, 5) is 28.0. The number of rotatable bonds is 10. The van der Waals surface area contributed by atoms with Gasteiger partial charge in [0, 0.05) is 18.7 Å². The first-order chi connectivity index (χ1) is 17.1. The van der Waals surface area contributed by atoms with Crippen molar-refractivity contribution in [3.63, 3.8) is 0 Å². The number of nitrogens with zero attached hydrogens (tertiary/aromatic N) is 2. The Morgan fingerprint density at radius 3 is 2.39 bits per heavy atom. The Morgan fingerprint density at radius 2 is 1.78 bits per heavy atom. The molecule has 1 aliphatic carbocycles. The van der Waals surface area contributed by atoms with Crippen molar-refractivity contribution in [3.8, 4) is 5.75 Å². The third-order valence-corrected chi connectivity index (χ3v) is 7.55. The van der Waals surface area contributed by atoms with Gasteiger partial charge < -0.3 is 15.0 Å². The fraction of sp³-hybridized carbons (Fsp3) is 0.462. The van der Waals surface area contributed by atoms with Crippen molar-refractivity contribution in [1.29, 1.82) is 0 Å². The van der Waals surface area contributed by atoms with E-state index in [1.807, 2.05) is 0 Å². The fourth-order valence-corrected chi connectivity index (χ4v) is 5.16. The van der Waals surface area contributed by atoms with Gasteiger partial charge in [-0.3, -0.25) is 13.9 Å². The summed E-state index contributed by atoms with van der Waals surface area (Å²) in [5.74, 6) is -0.832. The molecule has 2 aromatic carbocycles. The lowest BCUT2D eigenvalue weighted by Crippen LogP contribution is -2.52. The van der Waals surface area contributed by atoms with Crippen LogP contribution >= 0.6 is 0 Å². The average Bonchev–Trinajstić information content (AvgIpc) is 2.86. The topological polar surface area (TPSA) is 96.0 Å². The number of amides is 2. The molecule has 0 bridgehead atoms. The van der Waals surface area contributed by atoms with Crippen LogP contribution in [0.5, 0.6) is 5.75 Å². The van der Waals surface area contributed by atoms with Crippen molar-refractivity contribution in [1.82, 2.24) is 10.2 Å². The zero-order valence-corrected chi connectivity index (χ0v) is 21.8. The van der Waals surface area contributed by atoms with Gasteiger partial charge in [-0.25, -0.2) is 12.8 Å². The monoisotopic (exact) mass is 519 g/mol. The van der Waals surface area contributed by atoms with Crippen LogP contribution in [-0.4, -0.2) is 57.1 Å². The van der Waals surface area contributed by atoms with Crippen LogP contribution in [0.3, 0.4) is 0 Å². The van der Waals surface area contributed by atoms with Crippen LogP contribution in [0.25, 0.3) is 0 Å². The second-order valence-electron chi connectivity index (χ2n) is 9.14. The molecule has 196 valence electrons. The molecule has 1 aliphatic rings. The second kappa shape index (κ2) is 12.2. The predicted molar refractivity (Wildman–Crippen MR) is 137 cm³/mol. The van der Waals surface area contributed by atoms with Crippen LogP contribution < -0.4 is 14.4 Å². The summed E-state index contributed by atoms with van der Waals surface area (Å²) in [6.45, 7) is 1.14. The first-order valence-corrected chi connectivity index (χ1v) is 13.9. The number of methoxy groups -OCH3 is 1. The minimum absolute atomic E-state index is 0.0219. The minimum Gasteiger partial charge on any atom is -0.497 e. The standard InChI is InChI=1S/C26H34FN3O5S/c1-19(26(32)28-22-8-5-4-6-9-22)29(17-20-12-14-21(27)15-13-20)25(31)18-30(36(3,33)34)23-10-7-11-24(16-23)35-2/h7,10-16,19,22H,4-6,8-9,17-18H2,1-3H3,(H,28,32)/t19-/m1/s1. The summed E-state index contributed by atoms with van der Waals surface area (Å²) in [6.07, 6.45) is 6.03. The van der Waals surface area contributed by atoms with E-state index >= 15 is 0 Å². The number of nitrogens with one attached hydrogen (secondary N) is 1. The molecule has 1 N–H and O–H groups in total. The molecule has 0 spiro atoms. The van der Waals surface area contributed by atoms with E-state index in [1.165, 1.54) is 42.3 Å². The highest BCUT2D eigenvalue weighted by atomic mass is 32.2. The lowest BCUT2D eigenvalue weighted by Gasteiger charge is -2.33. The molecule has 0 aromatic heterocycles. The smallest absolute Gasteiger partial charge is 0.244 e. The molecule has 8 nitrogen and oxygen atoms in total. The van der Waals surface area contributed by atoms with Gasteiger partial charge in [-0.1, -0.05) is 37.5 Å². The van der Waals surface area contributed by atoms with Gasteiger partial charge in [-0.15, -0.1) is 0 Å². The van der Waals surface area contributed by atoms with Gasteiger partial charge in [-0.05, 0) is 49.6 Å². The molecule has 0 aliphatic heterocycles. The lowest BCUT2D eigenvalue weighted by atomic mass is 9.95. The highest BCUT2D eigenvalue weighted by Crippen LogP contribution is 2.24. The minimum atomic E-state index is -3.84. The van der Waals surface area contributed by atoms with Gasteiger partial charge in [0.25, 0.3) is 0 Å². The number of carbonyl (C=O) groups is 2. The number of hydrogen-bond acceptors (Lipinski definition) is 5. The maximum atomic E-state index is 13.6. The normalized spacial score (nSPS) is 15.1. The van der Waals surface area contributed by atoms with E-state index in [1.54, 1.807) is 25.1 Å². The number of hydrogen-bond donors (Lipinski definition) is 1. The molecule has 3 rings (SSSR count). The average molecular weight is 520 g/mol. The van der Waals surface area contributed by atoms with E-state index in [9.17, 15) is 22.4 Å². The Kier molecular flexibility index (Phi) is 9.31. The summed E-state index contributed by atoms with van der Waals surface area (Å²) < 4.78 is 44.9. The molecule has 0 radical (unpaired) electrons. The Morgan fingerprint density at radius 1 is 1.11 bits per heavy atom. The van der Waals surface area contributed by atoms with Gasteiger partial charge in [0.05, 0.1) is 19.1 Å². The number of ether oxygens (including phenoxy) is 1. The van der Waals surface area contributed by atoms with E-state index in [0.29, 0.717) is 11.3 Å². The molecule has 2 amide bonds. The van der Waals surface area contributed by atoms with Crippen molar-refractivity contribution in [3.05, 3.63) is 59.9 Å². The van der Waals surface area contributed by atoms with Crippen molar-refractivity contribution >= 4 is 27.5 Å². The van der Waals surface area contributed by atoms with Gasteiger partial charge in [0.15, 0.2) is 0 Å². The van der Waals surface area contributed by atoms with Crippen molar-refractivity contribution in [2.75, 3.05) is 24.2 Å². The summed E-state index contributed by atoms with van der Waals surface area (Å²) in [6, 6.07) is 11.2. The maximum Gasteiger partial charge on any atom is 0.244 e. The quantitative estimate of drug-likeness (QED) is 0.519. The molecule has 1 fully saturated rings. The summed E-state index contributed by atoms with van der Waals surface area (Å²) in [7, 11) is -2.37. The van der Waals surface area contributed by atoms with Crippen LogP contribution in [0.1, 0.15) is 44.6 Å². The van der Waals surface area contributed by atoms with E-state index < -0.39 is 34.3 Å². The van der Waals surface area contributed by atoms with E-state index in [0.717, 1.165) is 42.7 Å². The fourth-order valence-electron chi connectivity index (χ4n) is 4.32. The first-order valence-electron chi connectivity index (χ1n) is 12.0. The van der Waals surface area contributed by atoms with Gasteiger partial charge in [-0.2, -0.15) is 0 Å². The van der Waals surface area contributed by atoms with Crippen LogP contribution in [0.4, 0.5) is 10.1 Å². The molecule has 2 aromatic rings. The Labute approximate surface area is 212 Å². The summed E-state index contributed by atoms with van der Waals surface area (Å²) in [5, 5.41) is 3.04. The highest BCUT2D eigenvalue weighted by molar-refractivity contribution is 7.92. The van der Waals surface area contributed by atoms with E-state index in [4.69, 9.17) is 4.74 Å². The van der Waals surface area contributed by atoms with Gasteiger partial charge in [0.2, 0.25) is 21.8 Å². The third kappa shape index (κ3) is 7.43. The number of carbonyl (C=O) groups excluding carboxylic acids is 2. The second-order valence-corrected chi connectivity index (χ2v) is 11.0. The van der Waals surface area contributed by atoms with Gasteiger partial charge in [0.1, 0.15) is 24.2 Å². The number of anilines is 1.